The minimum atomic E-state index is 0.760. The standard InChI is InChI=1S/C14H17N3O/c1-17(10-11-4-3-5-12(15)8-11)14-7-6-13(18-2)9-16-14/h3-9H,10,15H2,1-2H3. The molecule has 0 radical (unpaired) electrons. The molecule has 0 fully saturated rings. The van der Waals surface area contributed by atoms with E-state index in [2.05, 4.69) is 16.0 Å². The number of methoxy groups -OCH3 is 1. The van der Waals surface area contributed by atoms with Crippen LogP contribution >= 0.6 is 0 Å². The monoisotopic (exact) mass is 243 g/mol. The zero-order valence-electron chi connectivity index (χ0n) is 10.6. The van der Waals surface area contributed by atoms with Crippen molar-refractivity contribution in [2.45, 2.75) is 6.54 Å². The van der Waals surface area contributed by atoms with Crippen molar-refractivity contribution in [1.29, 1.82) is 0 Å². The quantitative estimate of drug-likeness (QED) is 0.837. The fourth-order valence-electron chi connectivity index (χ4n) is 1.77. The first-order valence-corrected chi connectivity index (χ1v) is 5.74. The van der Waals surface area contributed by atoms with Crippen molar-refractivity contribution in [2.24, 2.45) is 0 Å². The third kappa shape index (κ3) is 2.91. The van der Waals surface area contributed by atoms with E-state index in [1.54, 1.807) is 13.3 Å². The van der Waals surface area contributed by atoms with E-state index in [9.17, 15) is 0 Å². The van der Waals surface area contributed by atoms with Crippen LogP contribution in [0.1, 0.15) is 5.56 Å². The minimum Gasteiger partial charge on any atom is -0.495 e. The van der Waals surface area contributed by atoms with Gasteiger partial charge in [-0.1, -0.05) is 12.1 Å². The normalized spacial score (nSPS) is 10.1. The number of hydrogen-bond acceptors (Lipinski definition) is 4. The van der Waals surface area contributed by atoms with Gasteiger partial charge in [-0.3, -0.25) is 0 Å². The number of benzene rings is 1. The molecule has 2 rings (SSSR count). The molecule has 1 aromatic carbocycles. The molecule has 1 aromatic heterocycles. The summed E-state index contributed by atoms with van der Waals surface area (Å²) in [5.41, 5.74) is 7.70. The van der Waals surface area contributed by atoms with E-state index >= 15 is 0 Å². The number of nitrogens with two attached hydrogens (primary N) is 1. The summed E-state index contributed by atoms with van der Waals surface area (Å²) in [6, 6.07) is 11.7. The number of rotatable bonds is 4. The van der Waals surface area contributed by atoms with Crippen LogP contribution in [0.25, 0.3) is 0 Å². The molecule has 0 spiro atoms. The second-order valence-electron chi connectivity index (χ2n) is 4.16. The summed E-state index contributed by atoms with van der Waals surface area (Å²) in [6.45, 7) is 0.768. The smallest absolute Gasteiger partial charge is 0.137 e. The summed E-state index contributed by atoms with van der Waals surface area (Å²) < 4.78 is 5.09. The van der Waals surface area contributed by atoms with Crippen molar-refractivity contribution in [3.63, 3.8) is 0 Å². The zero-order valence-corrected chi connectivity index (χ0v) is 10.6. The molecule has 0 aliphatic carbocycles. The Hall–Kier alpha value is -2.23. The lowest BCUT2D eigenvalue weighted by molar-refractivity contribution is 0.413. The van der Waals surface area contributed by atoms with Gasteiger partial charge in [0.15, 0.2) is 0 Å². The highest BCUT2D eigenvalue weighted by Crippen LogP contribution is 2.17. The van der Waals surface area contributed by atoms with Gasteiger partial charge in [0.25, 0.3) is 0 Å². The number of ether oxygens (including phenoxy) is 1. The van der Waals surface area contributed by atoms with E-state index in [1.807, 2.05) is 37.4 Å². The van der Waals surface area contributed by atoms with Crippen LogP contribution in [0.4, 0.5) is 11.5 Å². The van der Waals surface area contributed by atoms with Crippen LogP contribution in [-0.4, -0.2) is 19.1 Å². The lowest BCUT2D eigenvalue weighted by atomic mass is 10.2. The van der Waals surface area contributed by atoms with Crippen molar-refractivity contribution >= 4 is 11.5 Å². The highest BCUT2D eigenvalue weighted by atomic mass is 16.5. The lowest BCUT2D eigenvalue weighted by Crippen LogP contribution is -2.17. The Morgan fingerprint density at radius 1 is 1.28 bits per heavy atom. The largest absolute Gasteiger partial charge is 0.495 e. The number of pyridine rings is 1. The molecule has 0 bridgehead atoms. The van der Waals surface area contributed by atoms with Crippen LogP contribution in [-0.2, 0) is 6.54 Å². The van der Waals surface area contributed by atoms with Crippen LogP contribution in [0, 0.1) is 0 Å². The molecule has 4 nitrogen and oxygen atoms in total. The van der Waals surface area contributed by atoms with Gasteiger partial charge in [0.2, 0.25) is 0 Å². The minimum absolute atomic E-state index is 0.760. The van der Waals surface area contributed by atoms with Gasteiger partial charge < -0.3 is 15.4 Å². The molecule has 94 valence electrons. The Bertz CT molecular complexity index is 511. The summed E-state index contributed by atoms with van der Waals surface area (Å²) in [7, 11) is 3.63. The van der Waals surface area contributed by atoms with Crippen LogP contribution in [0.2, 0.25) is 0 Å². The molecular formula is C14H17N3O. The number of hydrogen-bond donors (Lipinski definition) is 1. The molecule has 18 heavy (non-hydrogen) atoms. The lowest BCUT2D eigenvalue weighted by Gasteiger charge is -2.18. The molecule has 0 atom stereocenters. The van der Waals surface area contributed by atoms with Crippen molar-refractivity contribution in [3.8, 4) is 5.75 Å². The molecular weight excluding hydrogens is 226 g/mol. The van der Waals surface area contributed by atoms with Crippen LogP contribution in [0.15, 0.2) is 42.6 Å². The maximum absolute atomic E-state index is 5.76. The van der Waals surface area contributed by atoms with E-state index in [-0.39, 0.29) is 0 Å². The van der Waals surface area contributed by atoms with Gasteiger partial charge in [-0.15, -0.1) is 0 Å². The van der Waals surface area contributed by atoms with Gasteiger partial charge >= 0.3 is 0 Å². The van der Waals surface area contributed by atoms with Gasteiger partial charge in [0.1, 0.15) is 11.6 Å². The van der Waals surface area contributed by atoms with E-state index in [1.165, 1.54) is 0 Å². The topological polar surface area (TPSA) is 51.4 Å². The second kappa shape index (κ2) is 5.40. The van der Waals surface area contributed by atoms with Gasteiger partial charge in [-0.2, -0.15) is 0 Å². The molecule has 0 amide bonds. The highest BCUT2D eigenvalue weighted by Gasteiger charge is 2.04. The maximum atomic E-state index is 5.76. The number of aromatic nitrogens is 1. The zero-order chi connectivity index (χ0) is 13.0. The number of nitrogens with zero attached hydrogens (tertiary/aromatic N) is 2. The van der Waals surface area contributed by atoms with Crippen LogP contribution in [0.5, 0.6) is 5.75 Å². The van der Waals surface area contributed by atoms with Crippen molar-refractivity contribution in [1.82, 2.24) is 4.98 Å². The Balaban J connectivity index is 2.09. The summed E-state index contributed by atoms with van der Waals surface area (Å²) in [4.78, 5) is 6.40. The number of nitrogen functional groups attached to an aromatic ring is 1. The average Bonchev–Trinajstić information content (AvgIpc) is 2.39. The predicted octanol–water partition coefficient (Wildman–Crippen LogP) is 2.31. The molecule has 0 saturated carbocycles. The van der Waals surface area contributed by atoms with Crippen LogP contribution in [0.3, 0.4) is 0 Å². The first-order valence-electron chi connectivity index (χ1n) is 5.74. The van der Waals surface area contributed by atoms with Crippen molar-refractivity contribution < 1.29 is 4.74 Å². The van der Waals surface area contributed by atoms with E-state index in [0.717, 1.165) is 29.4 Å². The third-order valence-electron chi connectivity index (χ3n) is 2.72. The van der Waals surface area contributed by atoms with E-state index < -0.39 is 0 Å². The number of anilines is 2. The molecule has 4 heteroatoms. The summed E-state index contributed by atoms with van der Waals surface area (Å²) in [5, 5.41) is 0. The van der Waals surface area contributed by atoms with Crippen LogP contribution < -0.4 is 15.4 Å². The molecule has 0 unspecified atom stereocenters. The van der Waals surface area contributed by atoms with Gasteiger partial charge in [-0.25, -0.2) is 4.98 Å². The van der Waals surface area contributed by atoms with Gasteiger partial charge in [-0.05, 0) is 29.8 Å². The Morgan fingerprint density at radius 3 is 2.72 bits per heavy atom. The molecule has 2 N–H and O–H groups in total. The first-order chi connectivity index (χ1) is 8.69. The fourth-order valence-corrected chi connectivity index (χ4v) is 1.77. The fraction of sp³-hybridized carbons (Fsp3) is 0.214. The van der Waals surface area contributed by atoms with Crippen molar-refractivity contribution in [3.05, 3.63) is 48.2 Å². The summed E-state index contributed by atoms with van der Waals surface area (Å²) in [6.07, 6.45) is 1.71. The average molecular weight is 243 g/mol. The molecule has 0 aliphatic rings. The molecule has 1 heterocycles. The predicted molar refractivity (Wildman–Crippen MR) is 73.8 cm³/mol. The third-order valence-corrected chi connectivity index (χ3v) is 2.72. The second-order valence-corrected chi connectivity index (χ2v) is 4.16. The SMILES string of the molecule is COc1ccc(N(C)Cc2cccc(N)c2)nc1. The molecule has 0 aliphatic heterocycles. The van der Waals surface area contributed by atoms with E-state index in [0.29, 0.717) is 0 Å². The molecule has 0 saturated heterocycles. The maximum Gasteiger partial charge on any atom is 0.137 e. The first kappa shape index (κ1) is 12.2. The summed E-state index contributed by atoms with van der Waals surface area (Å²) >= 11 is 0. The Labute approximate surface area is 107 Å². The van der Waals surface area contributed by atoms with Gasteiger partial charge in [0.05, 0.1) is 13.3 Å². The van der Waals surface area contributed by atoms with Crippen molar-refractivity contribution in [2.75, 3.05) is 24.8 Å². The van der Waals surface area contributed by atoms with Gasteiger partial charge in [0, 0.05) is 19.3 Å². The van der Waals surface area contributed by atoms with E-state index in [4.69, 9.17) is 10.5 Å². The summed E-state index contributed by atoms with van der Waals surface area (Å²) in [5.74, 6) is 1.66. The molecule has 2 aromatic rings. The Kier molecular flexibility index (Phi) is 3.67. The highest BCUT2D eigenvalue weighted by molar-refractivity contribution is 5.44. The Morgan fingerprint density at radius 2 is 2.11 bits per heavy atom.